The number of carbonyl (C=O) groups is 1. The molecule has 2 N–H and O–H groups in total. The van der Waals surface area contributed by atoms with E-state index < -0.39 is 0 Å². The topological polar surface area (TPSA) is 50.4 Å². The molecular formula is C13H16BrFN2O2. The lowest BCUT2D eigenvalue weighted by Crippen LogP contribution is -2.44. The number of halogens is 2. The molecule has 1 aliphatic rings. The average Bonchev–Trinajstić information content (AvgIpc) is 2.41. The summed E-state index contributed by atoms with van der Waals surface area (Å²) in [5, 5.41) is 6.00. The van der Waals surface area contributed by atoms with Crippen molar-refractivity contribution in [2.75, 3.05) is 19.8 Å². The van der Waals surface area contributed by atoms with Crippen molar-refractivity contribution in [2.24, 2.45) is 0 Å². The molecule has 2 rings (SSSR count). The predicted molar refractivity (Wildman–Crippen MR) is 73.2 cm³/mol. The molecule has 104 valence electrons. The van der Waals surface area contributed by atoms with Crippen molar-refractivity contribution in [2.45, 2.75) is 19.0 Å². The number of amides is 1. The van der Waals surface area contributed by atoms with Crippen LogP contribution in [0, 0.1) is 5.82 Å². The summed E-state index contributed by atoms with van der Waals surface area (Å²) in [5.41, 5.74) is 0.723. The zero-order valence-electron chi connectivity index (χ0n) is 10.4. The number of ether oxygens (including phenoxy) is 1. The molecule has 1 atom stereocenters. The smallest absolute Gasteiger partial charge is 0.221 e. The summed E-state index contributed by atoms with van der Waals surface area (Å²) in [6.07, 6.45) is 0.368. The van der Waals surface area contributed by atoms with Crippen molar-refractivity contribution in [3.63, 3.8) is 0 Å². The highest BCUT2D eigenvalue weighted by Gasteiger charge is 2.16. The van der Waals surface area contributed by atoms with Crippen molar-refractivity contribution in [1.29, 1.82) is 0 Å². The van der Waals surface area contributed by atoms with Crippen LogP contribution in [0.4, 0.5) is 4.39 Å². The Labute approximate surface area is 119 Å². The first-order valence-corrected chi connectivity index (χ1v) is 6.96. The van der Waals surface area contributed by atoms with Crippen LogP contribution < -0.4 is 10.6 Å². The molecular weight excluding hydrogens is 315 g/mol. The van der Waals surface area contributed by atoms with E-state index in [1.54, 1.807) is 6.07 Å². The zero-order chi connectivity index (χ0) is 13.7. The summed E-state index contributed by atoms with van der Waals surface area (Å²) in [6, 6.07) is 4.47. The fraction of sp³-hybridized carbons (Fsp3) is 0.462. The van der Waals surface area contributed by atoms with E-state index in [-0.39, 0.29) is 17.8 Å². The highest BCUT2D eigenvalue weighted by Crippen LogP contribution is 2.17. The first kappa shape index (κ1) is 14.4. The fourth-order valence-corrected chi connectivity index (χ4v) is 2.31. The van der Waals surface area contributed by atoms with E-state index in [2.05, 4.69) is 26.6 Å². The third kappa shape index (κ3) is 4.56. The molecule has 1 aromatic carbocycles. The van der Waals surface area contributed by atoms with Gasteiger partial charge in [0.15, 0.2) is 0 Å². The van der Waals surface area contributed by atoms with Gasteiger partial charge in [-0.05, 0) is 23.8 Å². The second-order valence-electron chi connectivity index (χ2n) is 4.44. The van der Waals surface area contributed by atoms with Crippen LogP contribution in [0.2, 0.25) is 0 Å². The molecule has 0 radical (unpaired) electrons. The molecule has 1 fully saturated rings. The first-order chi connectivity index (χ1) is 9.15. The van der Waals surface area contributed by atoms with E-state index in [1.165, 1.54) is 12.1 Å². The van der Waals surface area contributed by atoms with Gasteiger partial charge < -0.3 is 15.4 Å². The third-order valence-electron chi connectivity index (χ3n) is 2.91. The number of hydrogen-bond acceptors (Lipinski definition) is 3. The molecule has 0 spiro atoms. The second-order valence-corrected chi connectivity index (χ2v) is 5.30. The monoisotopic (exact) mass is 330 g/mol. The molecule has 0 aliphatic carbocycles. The summed E-state index contributed by atoms with van der Waals surface area (Å²) < 4.78 is 19.2. The van der Waals surface area contributed by atoms with Crippen LogP contribution in [0.3, 0.4) is 0 Å². The summed E-state index contributed by atoms with van der Waals surface area (Å²) in [6.45, 7) is 2.32. The number of nitrogens with one attached hydrogen (secondary N) is 2. The van der Waals surface area contributed by atoms with Crippen LogP contribution >= 0.6 is 15.9 Å². The van der Waals surface area contributed by atoms with Gasteiger partial charge in [-0.15, -0.1) is 0 Å². The van der Waals surface area contributed by atoms with E-state index in [0.29, 0.717) is 26.2 Å². The van der Waals surface area contributed by atoms with Gasteiger partial charge in [-0.2, -0.15) is 0 Å². The summed E-state index contributed by atoms with van der Waals surface area (Å²) in [7, 11) is 0. The maximum Gasteiger partial charge on any atom is 0.221 e. The summed E-state index contributed by atoms with van der Waals surface area (Å²) >= 11 is 3.33. The quantitative estimate of drug-likeness (QED) is 0.881. The van der Waals surface area contributed by atoms with E-state index in [1.807, 2.05) is 0 Å². The van der Waals surface area contributed by atoms with Gasteiger partial charge in [-0.25, -0.2) is 4.39 Å². The van der Waals surface area contributed by atoms with Crippen LogP contribution in [-0.2, 0) is 16.1 Å². The largest absolute Gasteiger partial charge is 0.378 e. The standard InChI is InChI=1S/C13H16BrFN2O2/c14-12-2-1-10(15)5-9(12)7-17-13(18)6-11-8-19-4-3-16-11/h1-2,5,11,16H,3-4,6-8H2,(H,17,18). The van der Waals surface area contributed by atoms with Gasteiger partial charge in [-0.3, -0.25) is 4.79 Å². The average molecular weight is 331 g/mol. The summed E-state index contributed by atoms with van der Waals surface area (Å²) in [5.74, 6) is -0.381. The number of hydrogen-bond donors (Lipinski definition) is 2. The molecule has 1 aromatic rings. The Morgan fingerprint density at radius 3 is 3.16 bits per heavy atom. The van der Waals surface area contributed by atoms with Crippen LogP contribution in [-0.4, -0.2) is 31.7 Å². The Balaban J connectivity index is 1.81. The Hall–Kier alpha value is -0.980. The number of morpholine rings is 1. The Kier molecular flexibility index (Phi) is 5.30. The SMILES string of the molecule is O=C(CC1COCCN1)NCc1cc(F)ccc1Br. The van der Waals surface area contributed by atoms with Gasteiger partial charge in [0, 0.05) is 30.0 Å². The normalized spacial score (nSPS) is 19.2. The molecule has 1 saturated heterocycles. The zero-order valence-corrected chi connectivity index (χ0v) is 12.0. The molecule has 19 heavy (non-hydrogen) atoms. The van der Waals surface area contributed by atoms with Crippen LogP contribution in [0.5, 0.6) is 0 Å². The van der Waals surface area contributed by atoms with Gasteiger partial charge in [-0.1, -0.05) is 15.9 Å². The minimum atomic E-state index is -0.310. The minimum Gasteiger partial charge on any atom is -0.378 e. The lowest BCUT2D eigenvalue weighted by Gasteiger charge is -2.23. The molecule has 1 amide bonds. The van der Waals surface area contributed by atoms with Crippen molar-refractivity contribution < 1.29 is 13.9 Å². The fourth-order valence-electron chi connectivity index (χ4n) is 1.92. The summed E-state index contributed by atoms with van der Waals surface area (Å²) in [4.78, 5) is 11.8. The maximum atomic E-state index is 13.1. The first-order valence-electron chi connectivity index (χ1n) is 6.17. The Morgan fingerprint density at radius 1 is 1.58 bits per heavy atom. The number of benzene rings is 1. The number of rotatable bonds is 4. The second kappa shape index (κ2) is 6.98. The van der Waals surface area contributed by atoms with Crippen molar-refractivity contribution in [3.8, 4) is 0 Å². The lowest BCUT2D eigenvalue weighted by atomic mass is 10.1. The maximum absolute atomic E-state index is 13.1. The Morgan fingerprint density at radius 2 is 2.42 bits per heavy atom. The highest BCUT2D eigenvalue weighted by atomic mass is 79.9. The molecule has 0 bridgehead atoms. The van der Waals surface area contributed by atoms with Gasteiger partial charge in [0.25, 0.3) is 0 Å². The molecule has 0 aromatic heterocycles. The van der Waals surface area contributed by atoms with Crippen LogP contribution in [0.15, 0.2) is 22.7 Å². The molecule has 4 nitrogen and oxygen atoms in total. The van der Waals surface area contributed by atoms with Crippen molar-refractivity contribution in [3.05, 3.63) is 34.1 Å². The van der Waals surface area contributed by atoms with E-state index >= 15 is 0 Å². The highest BCUT2D eigenvalue weighted by molar-refractivity contribution is 9.10. The number of carbonyl (C=O) groups excluding carboxylic acids is 1. The van der Waals surface area contributed by atoms with Gasteiger partial charge in [0.1, 0.15) is 5.82 Å². The van der Waals surface area contributed by atoms with Gasteiger partial charge >= 0.3 is 0 Å². The van der Waals surface area contributed by atoms with Gasteiger partial charge in [0.2, 0.25) is 5.91 Å². The molecule has 0 saturated carbocycles. The van der Waals surface area contributed by atoms with Crippen molar-refractivity contribution >= 4 is 21.8 Å². The van der Waals surface area contributed by atoms with E-state index in [4.69, 9.17) is 4.74 Å². The van der Waals surface area contributed by atoms with Crippen LogP contribution in [0.25, 0.3) is 0 Å². The Bertz CT molecular complexity index is 450. The van der Waals surface area contributed by atoms with Gasteiger partial charge in [0.05, 0.1) is 13.2 Å². The van der Waals surface area contributed by atoms with E-state index in [0.717, 1.165) is 16.6 Å². The molecule has 6 heteroatoms. The van der Waals surface area contributed by atoms with E-state index in [9.17, 15) is 9.18 Å². The van der Waals surface area contributed by atoms with Crippen LogP contribution in [0.1, 0.15) is 12.0 Å². The molecule has 1 heterocycles. The predicted octanol–water partition coefficient (Wildman–Crippen LogP) is 1.58. The molecule has 1 unspecified atom stereocenters. The minimum absolute atomic E-state index is 0.0599. The lowest BCUT2D eigenvalue weighted by molar-refractivity contribution is -0.122. The third-order valence-corrected chi connectivity index (χ3v) is 3.69. The van der Waals surface area contributed by atoms with Crippen molar-refractivity contribution in [1.82, 2.24) is 10.6 Å². The molecule has 1 aliphatic heterocycles.